The summed E-state index contributed by atoms with van der Waals surface area (Å²) < 4.78 is 12.5. The van der Waals surface area contributed by atoms with Gasteiger partial charge >= 0.3 is 0 Å². The number of rotatable bonds is 1. The largest absolute Gasteiger partial charge is 0.491 e. The van der Waals surface area contributed by atoms with Crippen molar-refractivity contribution in [1.29, 1.82) is 0 Å². The summed E-state index contributed by atoms with van der Waals surface area (Å²) >= 11 is 0. The van der Waals surface area contributed by atoms with Crippen LogP contribution in [0.1, 0.15) is 23.8 Å². The highest BCUT2D eigenvalue weighted by atomic mass is 16.5. The van der Waals surface area contributed by atoms with Crippen LogP contribution in [0, 0.1) is 0 Å². The summed E-state index contributed by atoms with van der Waals surface area (Å²) in [5.74, 6) is -0.0817. The maximum absolute atomic E-state index is 12.6. The van der Waals surface area contributed by atoms with E-state index in [-0.39, 0.29) is 29.4 Å². The van der Waals surface area contributed by atoms with Gasteiger partial charge in [0.15, 0.2) is 17.7 Å². The highest BCUT2D eigenvalue weighted by Gasteiger charge is 2.40. The zero-order chi connectivity index (χ0) is 13.6. The summed E-state index contributed by atoms with van der Waals surface area (Å²) in [7, 11) is 1.41. The van der Waals surface area contributed by atoms with Gasteiger partial charge in [-0.2, -0.15) is 0 Å². The Kier molecular flexibility index (Phi) is 2.82. The van der Waals surface area contributed by atoms with Crippen LogP contribution >= 0.6 is 0 Å². The maximum atomic E-state index is 12.6. The Labute approximate surface area is 110 Å². The van der Waals surface area contributed by atoms with Crippen molar-refractivity contribution in [2.45, 2.75) is 32.2 Å². The SMILES string of the molecule is COc1c2n(ccc1=O)CC1OCCC(C)N1C2=O. The topological polar surface area (TPSA) is 60.8 Å². The van der Waals surface area contributed by atoms with Crippen molar-refractivity contribution in [2.75, 3.05) is 13.7 Å². The summed E-state index contributed by atoms with van der Waals surface area (Å²) in [6.07, 6.45) is 2.18. The molecule has 0 saturated carbocycles. The summed E-state index contributed by atoms with van der Waals surface area (Å²) in [6.45, 7) is 3.18. The Bertz CT molecular complexity index is 580. The third-order valence-corrected chi connectivity index (χ3v) is 3.76. The number of aromatic nitrogens is 1. The Morgan fingerprint density at radius 2 is 2.21 bits per heavy atom. The molecule has 1 saturated heterocycles. The van der Waals surface area contributed by atoms with Gasteiger partial charge in [0, 0.05) is 18.3 Å². The third-order valence-electron chi connectivity index (χ3n) is 3.76. The Morgan fingerprint density at radius 1 is 1.42 bits per heavy atom. The van der Waals surface area contributed by atoms with E-state index in [0.717, 1.165) is 6.42 Å². The molecule has 0 radical (unpaired) electrons. The minimum absolute atomic E-state index is 0.111. The third kappa shape index (κ3) is 1.74. The van der Waals surface area contributed by atoms with Crippen molar-refractivity contribution in [1.82, 2.24) is 9.47 Å². The molecule has 0 spiro atoms. The van der Waals surface area contributed by atoms with Gasteiger partial charge in [0.05, 0.1) is 20.3 Å². The van der Waals surface area contributed by atoms with Crippen LogP contribution < -0.4 is 10.2 Å². The molecule has 19 heavy (non-hydrogen) atoms. The van der Waals surface area contributed by atoms with E-state index >= 15 is 0 Å². The van der Waals surface area contributed by atoms with E-state index in [0.29, 0.717) is 18.8 Å². The second kappa shape index (κ2) is 4.38. The second-order valence-electron chi connectivity index (χ2n) is 4.89. The lowest BCUT2D eigenvalue weighted by molar-refractivity contribution is -0.112. The first-order valence-electron chi connectivity index (χ1n) is 6.35. The molecule has 2 aliphatic rings. The molecule has 1 amide bonds. The number of pyridine rings is 1. The first kappa shape index (κ1) is 12.2. The van der Waals surface area contributed by atoms with Gasteiger partial charge in [-0.3, -0.25) is 9.59 Å². The molecule has 3 rings (SSSR count). The molecule has 0 bridgehead atoms. The average molecular weight is 264 g/mol. The molecule has 2 unspecified atom stereocenters. The fourth-order valence-corrected chi connectivity index (χ4v) is 2.76. The van der Waals surface area contributed by atoms with Crippen molar-refractivity contribution in [3.05, 3.63) is 28.2 Å². The molecular formula is C13H16N2O4. The summed E-state index contributed by atoms with van der Waals surface area (Å²) in [4.78, 5) is 26.1. The van der Waals surface area contributed by atoms with Gasteiger partial charge in [-0.15, -0.1) is 0 Å². The van der Waals surface area contributed by atoms with E-state index in [1.54, 1.807) is 15.7 Å². The van der Waals surface area contributed by atoms with Crippen LogP contribution in [-0.4, -0.2) is 41.4 Å². The smallest absolute Gasteiger partial charge is 0.276 e. The molecule has 6 heteroatoms. The van der Waals surface area contributed by atoms with Gasteiger partial charge in [0.2, 0.25) is 5.43 Å². The van der Waals surface area contributed by atoms with Gasteiger partial charge in [-0.1, -0.05) is 0 Å². The Balaban J connectivity index is 2.14. The Morgan fingerprint density at radius 3 is 2.95 bits per heavy atom. The summed E-state index contributed by atoms with van der Waals surface area (Å²) in [5.41, 5.74) is 0.0507. The van der Waals surface area contributed by atoms with Crippen LogP contribution in [0.25, 0.3) is 0 Å². The quantitative estimate of drug-likeness (QED) is 0.739. The molecule has 0 N–H and O–H groups in total. The van der Waals surface area contributed by atoms with Crippen LogP contribution in [0.15, 0.2) is 17.1 Å². The normalized spacial score (nSPS) is 25.8. The van der Waals surface area contributed by atoms with E-state index < -0.39 is 0 Å². The molecule has 0 aromatic carbocycles. The Hall–Kier alpha value is -1.82. The average Bonchev–Trinajstić information content (AvgIpc) is 2.39. The van der Waals surface area contributed by atoms with Crippen molar-refractivity contribution < 1.29 is 14.3 Å². The van der Waals surface area contributed by atoms with E-state index in [4.69, 9.17) is 9.47 Å². The molecule has 102 valence electrons. The van der Waals surface area contributed by atoms with E-state index in [1.807, 2.05) is 6.92 Å². The van der Waals surface area contributed by atoms with Crippen molar-refractivity contribution in [2.24, 2.45) is 0 Å². The molecule has 1 aromatic heterocycles. The van der Waals surface area contributed by atoms with Crippen LogP contribution in [0.4, 0.5) is 0 Å². The molecule has 2 atom stereocenters. The zero-order valence-corrected chi connectivity index (χ0v) is 11.0. The molecule has 3 heterocycles. The number of fused-ring (bicyclic) bond motifs is 2. The number of methoxy groups -OCH3 is 1. The van der Waals surface area contributed by atoms with Crippen LogP contribution in [0.5, 0.6) is 5.75 Å². The lowest BCUT2D eigenvalue weighted by atomic mass is 10.1. The van der Waals surface area contributed by atoms with Crippen LogP contribution in [-0.2, 0) is 11.3 Å². The summed E-state index contributed by atoms with van der Waals surface area (Å²) in [5, 5.41) is 0. The number of carbonyl (C=O) groups is 1. The first-order chi connectivity index (χ1) is 9.13. The minimum Gasteiger partial charge on any atom is -0.491 e. The number of hydrogen-bond acceptors (Lipinski definition) is 4. The molecule has 2 aliphatic heterocycles. The number of ether oxygens (including phenoxy) is 2. The second-order valence-corrected chi connectivity index (χ2v) is 4.89. The standard InChI is InChI=1S/C13H16N2O4/c1-8-4-6-19-10-7-14-5-3-9(16)12(18-2)11(14)13(17)15(8)10/h3,5,8,10H,4,6-7H2,1-2H3. The van der Waals surface area contributed by atoms with E-state index in [1.165, 1.54) is 13.2 Å². The molecule has 1 fully saturated rings. The first-order valence-corrected chi connectivity index (χ1v) is 6.35. The van der Waals surface area contributed by atoms with Crippen LogP contribution in [0.2, 0.25) is 0 Å². The maximum Gasteiger partial charge on any atom is 0.276 e. The van der Waals surface area contributed by atoms with Gasteiger partial charge in [0.1, 0.15) is 0 Å². The van der Waals surface area contributed by atoms with Gasteiger partial charge in [-0.25, -0.2) is 0 Å². The van der Waals surface area contributed by atoms with Gasteiger partial charge in [0.25, 0.3) is 5.91 Å². The number of nitrogens with zero attached hydrogens (tertiary/aromatic N) is 2. The minimum atomic E-state index is -0.272. The van der Waals surface area contributed by atoms with Crippen molar-refractivity contribution in [3.63, 3.8) is 0 Å². The van der Waals surface area contributed by atoms with Gasteiger partial charge in [-0.05, 0) is 13.3 Å². The van der Waals surface area contributed by atoms with Gasteiger partial charge < -0.3 is 18.9 Å². The molecule has 0 aliphatic carbocycles. The highest BCUT2D eigenvalue weighted by Crippen LogP contribution is 2.28. The lowest BCUT2D eigenvalue weighted by Gasteiger charge is -2.44. The zero-order valence-electron chi connectivity index (χ0n) is 11.0. The van der Waals surface area contributed by atoms with Crippen LogP contribution in [0.3, 0.4) is 0 Å². The summed E-state index contributed by atoms with van der Waals surface area (Å²) in [6, 6.07) is 1.53. The lowest BCUT2D eigenvalue weighted by Crippen LogP contribution is -2.56. The predicted molar refractivity (Wildman–Crippen MR) is 67.2 cm³/mol. The number of amides is 1. The predicted octanol–water partition coefficient (Wildman–Crippen LogP) is 0.448. The molecule has 6 nitrogen and oxygen atoms in total. The van der Waals surface area contributed by atoms with Crippen molar-refractivity contribution >= 4 is 5.91 Å². The monoisotopic (exact) mass is 264 g/mol. The fourth-order valence-electron chi connectivity index (χ4n) is 2.76. The number of hydrogen-bond donors (Lipinski definition) is 0. The van der Waals surface area contributed by atoms with E-state index in [9.17, 15) is 9.59 Å². The molecule has 1 aromatic rings. The van der Waals surface area contributed by atoms with Crippen molar-refractivity contribution in [3.8, 4) is 5.75 Å². The number of carbonyl (C=O) groups excluding carboxylic acids is 1. The highest BCUT2D eigenvalue weighted by molar-refractivity contribution is 5.96. The molecular weight excluding hydrogens is 248 g/mol. The fraction of sp³-hybridized carbons (Fsp3) is 0.538. The van der Waals surface area contributed by atoms with E-state index in [2.05, 4.69) is 0 Å².